The molecule has 25 heavy (non-hydrogen) atoms. The number of benzene rings is 1. The van der Waals surface area contributed by atoms with Crippen molar-refractivity contribution in [2.45, 2.75) is 26.7 Å². The Bertz CT molecular complexity index is 815. The van der Waals surface area contributed by atoms with Crippen LogP contribution in [-0.4, -0.2) is 39.4 Å². The van der Waals surface area contributed by atoms with Gasteiger partial charge in [-0.05, 0) is 31.0 Å². The number of fused-ring (bicyclic) bond motifs is 1. The first kappa shape index (κ1) is 17.7. The Balaban J connectivity index is 1.74. The van der Waals surface area contributed by atoms with Crippen LogP contribution in [0.3, 0.4) is 0 Å². The number of nitrogens with zero attached hydrogens (tertiary/aromatic N) is 3. The van der Waals surface area contributed by atoms with E-state index in [-0.39, 0.29) is 23.7 Å². The highest BCUT2D eigenvalue weighted by molar-refractivity contribution is 6.31. The van der Waals surface area contributed by atoms with E-state index in [1.54, 1.807) is 17.0 Å². The third kappa shape index (κ3) is 3.63. The molecule has 1 aromatic heterocycles. The van der Waals surface area contributed by atoms with Crippen molar-refractivity contribution in [2.24, 2.45) is 18.9 Å². The number of halogens is 1. The number of piperidine rings is 1. The van der Waals surface area contributed by atoms with E-state index in [1.165, 1.54) is 0 Å². The summed E-state index contributed by atoms with van der Waals surface area (Å²) in [5, 5.41) is 3.52. The lowest BCUT2D eigenvalue weighted by atomic mass is 9.96. The second kappa shape index (κ2) is 7.04. The standard InChI is InChI=1S/C18H23ClN4O2/c1-11(2)17(25)23-8-4-5-12(10-23)16(24)21-18-20-14-9-13(19)6-7-15(14)22(18)3/h6-7,9,11-12H,4-5,8,10H2,1-3H3,(H,20,21,24)/t12-/m1/s1. The van der Waals surface area contributed by atoms with Crippen LogP contribution in [0, 0.1) is 11.8 Å². The van der Waals surface area contributed by atoms with Crippen LogP contribution in [0.4, 0.5) is 5.95 Å². The summed E-state index contributed by atoms with van der Waals surface area (Å²) in [4.78, 5) is 31.1. The smallest absolute Gasteiger partial charge is 0.231 e. The van der Waals surface area contributed by atoms with Crippen LogP contribution in [0.25, 0.3) is 11.0 Å². The fourth-order valence-corrected chi connectivity index (χ4v) is 3.42. The molecule has 134 valence electrons. The summed E-state index contributed by atoms with van der Waals surface area (Å²) in [5.74, 6) is 0.251. The highest BCUT2D eigenvalue weighted by atomic mass is 35.5. The van der Waals surface area contributed by atoms with Crippen molar-refractivity contribution in [3.63, 3.8) is 0 Å². The van der Waals surface area contributed by atoms with E-state index in [9.17, 15) is 9.59 Å². The number of hydrogen-bond acceptors (Lipinski definition) is 3. The van der Waals surface area contributed by atoms with Crippen LogP contribution in [-0.2, 0) is 16.6 Å². The van der Waals surface area contributed by atoms with Gasteiger partial charge in [0.15, 0.2) is 0 Å². The van der Waals surface area contributed by atoms with Gasteiger partial charge in [0, 0.05) is 31.1 Å². The molecular weight excluding hydrogens is 340 g/mol. The molecule has 0 radical (unpaired) electrons. The first-order chi connectivity index (χ1) is 11.9. The summed E-state index contributed by atoms with van der Waals surface area (Å²) in [5.41, 5.74) is 1.64. The van der Waals surface area contributed by atoms with E-state index in [2.05, 4.69) is 10.3 Å². The SMILES string of the molecule is CC(C)C(=O)N1CCC[C@@H](C(=O)Nc2nc3cc(Cl)ccc3n2C)C1. The van der Waals surface area contributed by atoms with Gasteiger partial charge < -0.3 is 9.47 Å². The number of hydrogen-bond donors (Lipinski definition) is 1. The molecule has 1 aromatic carbocycles. The molecule has 7 heteroatoms. The van der Waals surface area contributed by atoms with Gasteiger partial charge in [0.2, 0.25) is 17.8 Å². The second-order valence-electron chi connectivity index (χ2n) is 6.89. The number of carbonyl (C=O) groups is 2. The average molecular weight is 363 g/mol. The van der Waals surface area contributed by atoms with Crippen LogP contribution in [0.1, 0.15) is 26.7 Å². The number of anilines is 1. The molecule has 3 rings (SSSR count). The number of likely N-dealkylation sites (tertiary alicyclic amines) is 1. The summed E-state index contributed by atoms with van der Waals surface area (Å²) in [7, 11) is 1.86. The molecule has 2 heterocycles. The average Bonchev–Trinajstić information content (AvgIpc) is 2.89. The number of aromatic nitrogens is 2. The van der Waals surface area contributed by atoms with Crippen LogP contribution in [0.15, 0.2) is 18.2 Å². The summed E-state index contributed by atoms with van der Waals surface area (Å²) < 4.78 is 1.84. The number of nitrogens with one attached hydrogen (secondary N) is 1. The van der Waals surface area contributed by atoms with Crippen molar-refractivity contribution in [1.29, 1.82) is 0 Å². The Kier molecular flexibility index (Phi) is 4.99. The van der Waals surface area contributed by atoms with Gasteiger partial charge in [0.25, 0.3) is 0 Å². The Morgan fingerprint density at radius 1 is 1.36 bits per heavy atom. The number of carbonyl (C=O) groups excluding carboxylic acids is 2. The first-order valence-electron chi connectivity index (χ1n) is 8.58. The van der Waals surface area contributed by atoms with Crippen molar-refractivity contribution in [2.75, 3.05) is 18.4 Å². The Morgan fingerprint density at radius 3 is 2.84 bits per heavy atom. The van der Waals surface area contributed by atoms with Gasteiger partial charge in [0.1, 0.15) is 0 Å². The van der Waals surface area contributed by atoms with Gasteiger partial charge in [0.05, 0.1) is 17.0 Å². The number of rotatable bonds is 3. The van der Waals surface area contributed by atoms with Crippen molar-refractivity contribution in [3.8, 4) is 0 Å². The van der Waals surface area contributed by atoms with Gasteiger partial charge in [-0.3, -0.25) is 14.9 Å². The Hall–Kier alpha value is -2.08. The molecule has 0 saturated carbocycles. The maximum atomic E-state index is 12.7. The third-order valence-corrected chi connectivity index (χ3v) is 4.91. The van der Waals surface area contributed by atoms with Crippen LogP contribution in [0.2, 0.25) is 5.02 Å². The third-order valence-electron chi connectivity index (χ3n) is 4.68. The molecule has 0 bridgehead atoms. The Morgan fingerprint density at radius 2 is 2.12 bits per heavy atom. The van der Waals surface area contributed by atoms with E-state index < -0.39 is 0 Å². The lowest BCUT2D eigenvalue weighted by Crippen LogP contribution is -2.45. The minimum atomic E-state index is -0.208. The van der Waals surface area contributed by atoms with Gasteiger partial charge in [-0.15, -0.1) is 0 Å². The topological polar surface area (TPSA) is 67.2 Å². The van der Waals surface area contributed by atoms with Gasteiger partial charge in [-0.1, -0.05) is 25.4 Å². The molecule has 1 aliphatic heterocycles. The molecule has 6 nitrogen and oxygen atoms in total. The minimum absolute atomic E-state index is 0.0496. The molecule has 2 aromatic rings. The molecule has 0 unspecified atom stereocenters. The zero-order chi connectivity index (χ0) is 18.1. The van der Waals surface area contributed by atoms with E-state index in [0.717, 1.165) is 30.4 Å². The van der Waals surface area contributed by atoms with Gasteiger partial charge in [-0.2, -0.15) is 0 Å². The van der Waals surface area contributed by atoms with Crippen molar-refractivity contribution < 1.29 is 9.59 Å². The van der Waals surface area contributed by atoms with Crippen LogP contribution >= 0.6 is 11.6 Å². The monoisotopic (exact) mass is 362 g/mol. The highest BCUT2D eigenvalue weighted by Gasteiger charge is 2.30. The van der Waals surface area contributed by atoms with E-state index in [0.29, 0.717) is 17.5 Å². The van der Waals surface area contributed by atoms with Crippen molar-refractivity contribution in [1.82, 2.24) is 14.5 Å². The lowest BCUT2D eigenvalue weighted by Gasteiger charge is -2.33. The van der Waals surface area contributed by atoms with Gasteiger partial charge >= 0.3 is 0 Å². The summed E-state index contributed by atoms with van der Waals surface area (Å²) in [6.45, 7) is 4.97. The second-order valence-corrected chi connectivity index (χ2v) is 7.33. The van der Waals surface area contributed by atoms with E-state index in [4.69, 9.17) is 11.6 Å². The summed E-state index contributed by atoms with van der Waals surface area (Å²) in [6.07, 6.45) is 1.62. The van der Waals surface area contributed by atoms with E-state index in [1.807, 2.05) is 31.5 Å². The Labute approximate surface area is 152 Å². The van der Waals surface area contributed by atoms with E-state index >= 15 is 0 Å². The van der Waals surface area contributed by atoms with Crippen molar-refractivity contribution >= 4 is 40.4 Å². The molecule has 1 atom stereocenters. The molecule has 1 aliphatic rings. The van der Waals surface area contributed by atoms with Crippen molar-refractivity contribution in [3.05, 3.63) is 23.2 Å². The molecule has 1 fully saturated rings. The lowest BCUT2D eigenvalue weighted by molar-refractivity contribution is -0.137. The quantitative estimate of drug-likeness (QED) is 0.912. The zero-order valence-corrected chi connectivity index (χ0v) is 15.5. The molecule has 1 N–H and O–H groups in total. The highest BCUT2D eigenvalue weighted by Crippen LogP contribution is 2.24. The molecular formula is C18H23ClN4O2. The number of imidazole rings is 1. The number of aryl methyl sites for hydroxylation is 1. The zero-order valence-electron chi connectivity index (χ0n) is 14.8. The first-order valence-corrected chi connectivity index (χ1v) is 8.96. The summed E-state index contributed by atoms with van der Waals surface area (Å²) >= 11 is 6.00. The maximum absolute atomic E-state index is 12.7. The molecule has 0 aliphatic carbocycles. The normalized spacial score (nSPS) is 18.0. The van der Waals surface area contributed by atoms with Crippen LogP contribution < -0.4 is 5.32 Å². The molecule has 2 amide bonds. The summed E-state index contributed by atoms with van der Waals surface area (Å²) in [6, 6.07) is 5.45. The molecule has 1 saturated heterocycles. The van der Waals surface area contributed by atoms with Gasteiger partial charge in [-0.25, -0.2) is 4.98 Å². The maximum Gasteiger partial charge on any atom is 0.231 e. The minimum Gasteiger partial charge on any atom is -0.342 e. The van der Waals surface area contributed by atoms with Crippen LogP contribution in [0.5, 0.6) is 0 Å². The predicted octanol–water partition coefficient (Wildman–Crippen LogP) is 3.06. The largest absolute Gasteiger partial charge is 0.342 e. The predicted molar refractivity (Wildman–Crippen MR) is 98.5 cm³/mol. The fraction of sp³-hybridized carbons (Fsp3) is 0.500. The molecule has 0 spiro atoms. The number of amides is 2. The fourth-order valence-electron chi connectivity index (χ4n) is 3.25.